The number of rotatable bonds is 5. The topological polar surface area (TPSA) is 58.4 Å². The zero-order valence-corrected chi connectivity index (χ0v) is 11.1. The molecule has 0 radical (unpaired) electrons. The lowest BCUT2D eigenvalue weighted by atomic mass is 10.2. The van der Waals surface area contributed by atoms with Gasteiger partial charge in [-0.25, -0.2) is 4.68 Å². The molecule has 2 aromatic rings. The normalized spacial score (nSPS) is 10.9. The SMILES string of the molecule is Cc1ccccc1-n1nccc1CN(C)CC(=O)O. The standard InChI is InChI=1S/C14H17N3O2/c1-11-5-3-4-6-13(11)17-12(7-8-15-17)9-16(2)10-14(18)19/h3-8H,9-10H2,1-2H3,(H,18,19). The van der Waals surface area contributed by atoms with Gasteiger partial charge in [-0.1, -0.05) is 18.2 Å². The Hall–Kier alpha value is -2.14. The molecule has 2 rings (SSSR count). The number of hydrogen-bond acceptors (Lipinski definition) is 3. The minimum atomic E-state index is -0.829. The van der Waals surface area contributed by atoms with E-state index in [-0.39, 0.29) is 6.54 Å². The lowest BCUT2D eigenvalue weighted by Gasteiger charge is -2.16. The van der Waals surface area contributed by atoms with Crippen LogP contribution in [0, 0.1) is 6.92 Å². The number of nitrogens with zero attached hydrogens (tertiary/aromatic N) is 3. The van der Waals surface area contributed by atoms with Crippen LogP contribution in [0.4, 0.5) is 0 Å². The van der Waals surface area contributed by atoms with Gasteiger partial charge in [-0.3, -0.25) is 9.69 Å². The second kappa shape index (κ2) is 5.67. The molecule has 0 aliphatic carbocycles. The predicted molar refractivity (Wildman–Crippen MR) is 72.3 cm³/mol. The van der Waals surface area contributed by atoms with E-state index >= 15 is 0 Å². The molecule has 19 heavy (non-hydrogen) atoms. The molecule has 0 aliphatic rings. The van der Waals surface area contributed by atoms with Gasteiger partial charge in [-0.2, -0.15) is 5.10 Å². The number of para-hydroxylation sites is 1. The lowest BCUT2D eigenvalue weighted by Crippen LogP contribution is -2.26. The van der Waals surface area contributed by atoms with Gasteiger partial charge in [0.15, 0.2) is 0 Å². The molecule has 0 unspecified atom stereocenters. The number of carboxylic acid groups (broad SMARTS) is 1. The molecule has 1 N–H and O–H groups in total. The first-order chi connectivity index (χ1) is 9.08. The van der Waals surface area contributed by atoms with Crippen molar-refractivity contribution in [3.8, 4) is 5.69 Å². The predicted octanol–water partition coefficient (Wildman–Crippen LogP) is 1.70. The molecule has 100 valence electrons. The second-order valence-electron chi connectivity index (χ2n) is 4.59. The quantitative estimate of drug-likeness (QED) is 0.888. The Labute approximate surface area is 112 Å². The highest BCUT2D eigenvalue weighted by molar-refractivity contribution is 5.69. The van der Waals surface area contributed by atoms with Gasteiger partial charge in [-0.15, -0.1) is 0 Å². The number of benzene rings is 1. The number of aryl methyl sites for hydroxylation is 1. The number of carbonyl (C=O) groups is 1. The van der Waals surface area contributed by atoms with Crippen molar-refractivity contribution in [3.63, 3.8) is 0 Å². The molecule has 0 atom stereocenters. The Kier molecular flexibility index (Phi) is 3.97. The van der Waals surface area contributed by atoms with Crippen molar-refractivity contribution in [2.24, 2.45) is 0 Å². The first-order valence-electron chi connectivity index (χ1n) is 6.07. The summed E-state index contributed by atoms with van der Waals surface area (Å²) in [4.78, 5) is 12.4. The Balaban J connectivity index is 2.23. The van der Waals surface area contributed by atoms with Crippen molar-refractivity contribution in [1.82, 2.24) is 14.7 Å². The molecule has 1 heterocycles. The van der Waals surface area contributed by atoms with Crippen LogP contribution < -0.4 is 0 Å². The molecule has 1 aromatic carbocycles. The van der Waals surface area contributed by atoms with Crippen LogP contribution in [-0.4, -0.2) is 39.3 Å². The monoisotopic (exact) mass is 259 g/mol. The van der Waals surface area contributed by atoms with Gasteiger partial charge in [0.05, 0.1) is 17.9 Å². The smallest absolute Gasteiger partial charge is 0.317 e. The Morgan fingerprint density at radius 2 is 2.11 bits per heavy atom. The summed E-state index contributed by atoms with van der Waals surface area (Å²) in [6.45, 7) is 2.58. The van der Waals surface area contributed by atoms with Crippen molar-refractivity contribution in [2.75, 3.05) is 13.6 Å². The van der Waals surface area contributed by atoms with Gasteiger partial charge in [0, 0.05) is 12.7 Å². The zero-order valence-electron chi connectivity index (χ0n) is 11.1. The van der Waals surface area contributed by atoms with Crippen molar-refractivity contribution in [3.05, 3.63) is 47.8 Å². The third kappa shape index (κ3) is 3.20. The molecular formula is C14H17N3O2. The Bertz CT molecular complexity index is 578. The molecule has 1 aromatic heterocycles. The van der Waals surface area contributed by atoms with Crippen LogP contribution in [0.2, 0.25) is 0 Å². The van der Waals surface area contributed by atoms with E-state index in [0.29, 0.717) is 6.54 Å². The zero-order chi connectivity index (χ0) is 13.8. The van der Waals surface area contributed by atoms with E-state index in [1.165, 1.54) is 0 Å². The molecule has 0 aliphatic heterocycles. The lowest BCUT2D eigenvalue weighted by molar-refractivity contribution is -0.138. The minimum absolute atomic E-state index is 0.0128. The van der Waals surface area contributed by atoms with Crippen LogP contribution in [0.15, 0.2) is 36.5 Å². The van der Waals surface area contributed by atoms with Gasteiger partial charge in [0.25, 0.3) is 0 Å². The maximum atomic E-state index is 10.7. The van der Waals surface area contributed by atoms with Gasteiger partial charge in [-0.05, 0) is 31.7 Å². The molecule has 0 saturated heterocycles. The van der Waals surface area contributed by atoms with Crippen LogP contribution in [-0.2, 0) is 11.3 Å². The summed E-state index contributed by atoms with van der Waals surface area (Å²) < 4.78 is 1.85. The molecule has 0 amide bonds. The fourth-order valence-electron chi connectivity index (χ4n) is 2.03. The maximum Gasteiger partial charge on any atom is 0.317 e. The van der Waals surface area contributed by atoms with E-state index in [0.717, 1.165) is 16.9 Å². The molecular weight excluding hydrogens is 242 g/mol. The Morgan fingerprint density at radius 1 is 1.37 bits per heavy atom. The number of likely N-dealkylation sites (N-methyl/N-ethyl adjacent to an activating group) is 1. The van der Waals surface area contributed by atoms with Gasteiger partial charge < -0.3 is 5.11 Å². The fourth-order valence-corrected chi connectivity index (χ4v) is 2.03. The molecule has 0 spiro atoms. The summed E-state index contributed by atoms with van der Waals surface area (Å²) in [7, 11) is 1.78. The average molecular weight is 259 g/mol. The van der Waals surface area contributed by atoms with Crippen LogP contribution in [0.5, 0.6) is 0 Å². The number of carboxylic acids is 1. The first-order valence-corrected chi connectivity index (χ1v) is 6.07. The first kappa shape index (κ1) is 13.3. The summed E-state index contributed by atoms with van der Waals surface area (Å²) in [6, 6.07) is 9.89. The van der Waals surface area contributed by atoms with Gasteiger partial charge in [0.1, 0.15) is 0 Å². The van der Waals surface area contributed by atoms with E-state index in [2.05, 4.69) is 5.10 Å². The highest BCUT2D eigenvalue weighted by atomic mass is 16.4. The van der Waals surface area contributed by atoms with Crippen LogP contribution in [0.25, 0.3) is 5.69 Å². The van der Waals surface area contributed by atoms with Crippen molar-refractivity contribution in [2.45, 2.75) is 13.5 Å². The molecule has 5 nitrogen and oxygen atoms in total. The van der Waals surface area contributed by atoms with Gasteiger partial charge in [0.2, 0.25) is 0 Å². The third-order valence-corrected chi connectivity index (χ3v) is 2.90. The third-order valence-electron chi connectivity index (χ3n) is 2.90. The average Bonchev–Trinajstić information content (AvgIpc) is 2.76. The molecule has 0 bridgehead atoms. The largest absolute Gasteiger partial charge is 0.480 e. The molecule has 0 saturated carbocycles. The summed E-state index contributed by atoms with van der Waals surface area (Å²) in [5.41, 5.74) is 3.12. The highest BCUT2D eigenvalue weighted by Crippen LogP contribution is 2.15. The van der Waals surface area contributed by atoms with E-state index in [1.807, 2.05) is 41.9 Å². The van der Waals surface area contributed by atoms with E-state index in [4.69, 9.17) is 5.11 Å². The van der Waals surface area contributed by atoms with Crippen LogP contribution >= 0.6 is 0 Å². The van der Waals surface area contributed by atoms with Crippen LogP contribution in [0.3, 0.4) is 0 Å². The van der Waals surface area contributed by atoms with E-state index in [9.17, 15) is 4.79 Å². The number of aromatic nitrogens is 2. The van der Waals surface area contributed by atoms with E-state index in [1.54, 1.807) is 18.1 Å². The van der Waals surface area contributed by atoms with Crippen molar-refractivity contribution < 1.29 is 9.90 Å². The Morgan fingerprint density at radius 3 is 2.79 bits per heavy atom. The number of aliphatic carboxylic acids is 1. The molecule has 5 heteroatoms. The summed E-state index contributed by atoms with van der Waals surface area (Å²) in [5.74, 6) is -0.829. The number of hydrogen-bond donors (Lipinski definition) is 1. The molecule has 0 fully saturated rings. The maximum absolute atomic E-state index is 10.7. The van der Waals surface area contributed by atoms with Gasteiger partial charge >= 0.3 is 5.97 Å². The second-order valence-corrected chi connectivity index (χ2v) is 4.59. The van der Waals surface area contributed by atoms with Crippen LogP contribution in [0.1, 0.15) is 11.3 Å². The van der Waals surface area contributed by atoms with E-state index < -0.39 is 5.97 Å². The van der Waals surface area contributed by atoms with Crippen molar-refractivity contribution in [1.29, 1.82) is 0 Å². The summed E-state index contributed by atoms with van der Waals surface area (Å²) in [6.07, 6.45) is 1.73. The summed E-state index contributed by atoms with van der Waals surface area (Å²) in [5, 5.41) is 13.1. The summed E-state index contributed by atoms with van der Waals surface area (Å²) >= 11 is 0. The minimum Gasteiger partial charge on any atom is -0.480 e. The van der Waals surface area contributed by atoms with Crippen molar-refractivity contribution >= 4 is 5.97 Å². The fraction of sp³-hybridized carbons (Fsp3) is 0.286. The highest BCUT2D eigenvalue weighted by Gasteiger charge is 2.11.